The molecule has 136 valence electrons. The zero-order valence-electron chi connectivity index (χ0n) is 14.3. The minimum atomic E-state index is -0.535. The van der Waals surface area contributed by atoms with Gasteiger partial charge in [0.25, 0.3) is 0 Å². The fraction of sp³-hybridized carbons (Fsp3) is 0.0952. The number of phenolic OH excluding ortho intramolecular Hbond substituents is 1. The number of benzene rings is 3. The molecule has 4 rings (SSSR count). The van der Waals surface area contributed by atoms with E-state index in [1.54, 1.807) is 31.2 Å². The van der Waals surface area contributed by atoms with E-state index < -0.39 is 5.97 Å². The lowest BCUT2D eigenvalue weighted by Gasteiger charge is -2.05. The third kappa shape index (κ3) is 2.91. The van der Waals surface area contributed by atoms with Crippen LogP contribution in [0.15, 0.2) is 52.9 Å². The minimum absolute atomic E-state index is 0.0603. The predicted octanol–water partition coefficient (Wildman–Crippen LogP) is 6.44. The number of halogens is 2. The van der Waals surface area contributed by atoms with Gasteiger partial charge < -0.3 is 14.3 Å². The van der Waals surface area contributed by atoms with Crippen LogP contribution in [0.2, 0.25) is 10.0 Å². The summed E-state index contributed by atoms with van der Waals surface area (Å²) in [6.07, 6.45) is 0. The van der Waals surface area contributed by atoms with Crippen molar-refractivity contribution in [1.82, 2.24) is 0 Å². The zero-order chi connectivity index (χ0) is 19.1. The molecule has 1 heterocycles. The molecule has 0 spiro atoms. The van der Waals surface area contributed by atoms with E-state index in [0.29, 0.717) is 43.1 Å². The van der Waals surface area contributed by atoms with Crippen molar-refractivity contribution < 1.29 is 19.1 Å². The monoisotopic (exact) mass is 400 g/mol. The Kier molecular flexibility index (Phi) is 4.46. The second kappa shape index (κ2) is 6.80. The first-order valence-electron chi connectivity index (χ1n) is 8.31. The maximum absolute atomic E-state index is 12.7. The topological polar surface area (TPSA) is 59.7 Å². The lowest BCUT2D eigenvalue weighted by molar-refractivity contribution is 0.0529. The van der Waals surface area contributed by atoms with Gasteiger partial charge in [0.05, 0.1) is 16.7 Å². The van der Waals surface area contributed by atoms with Gasteiger partial charge in [-0.1, -0.05) is 47.5 Å². The largest absolute Gasteiger partial charge is 0.507 e. The Morgan fingerprint density at radius 1 is 1.04 bits per heavy atom. The summed E-state index contributed by atoms with van der Waals surface area (Å²) >= 11 is 12.2. The molecule has 0 unspecified atom stereocenters. The summed E-state index contributed by atoms with van der Waals surface area (Å²) in [5, 5.41) is 13.0. The molecule has 0 fully saturated rings. The fourth-order valence-corrected chi connectivity index (χ4v) is 3.45. The summed E-state index contributed by atoms with van der Waals surface area (Å²) in [4.78, 5) is 12.7. The second-order valence-electron chi connectivity index (χ2n) is 5.97. The van der Waals surface area contributed by atoms with E-state index in [1.165, 1.54) is 6.07 Å². The number of furan rings is 1. The summed E-state index contributed by atoms with van der Waals surface area (Å²) in [6, 6.07) is 13.8. The first-order chi connectivity index (χ1) is 13.0. The molecule has 1 aromatic heterocycles. The number of ether oxygens (including phenoxy) is 1. The van der Waals surface area contributed by atoms with E-state index >= 15 is 0 Å². The van der Waals surface area contributed by atoms with Crippen LogP contribution in [0.1, 0.15) is 17.3 Å². The van der Waals surface area contributed by atoms with Crippen molar-refractivity contribution in [3.8, 4) is 17.1 Å². The van der Waals surface area contributed by atoms with Gasteiger partial charge in [-0.3, -0.25) is 0 Å². The molecule has 4 aromatic rings. The van der Waals surface area contributed by atoms with Gasteiger partial charge in [-0.05, 0) is 31.2 Å². The van der Waals surface area contributed by atoms with Gasteiger partial charge in [0.15, 0.2) is 0 Å². The van der Waals surface area contributed by atoms with Crippen LogP contribution in [0.25, 0.3) is 33.1 Å². The number of aromatic hydroxyl groups is 1. The van der Waals surface area contributed by atoms with Crippen LogP contribution in [0.3, 0.4) is 0 Å². The Labute approximate surface area is 164 Å². The Hall–Kier alpha value is -2.69. The van der Waals surface area contributed by atoms with Crippen molar-refractivity contribution in [2.45, 2.75) is 6.92 Å². The third-order valence-corrected chi connectivity index (χ3v) is 5.07. The molecule has 0 saturated carbocycles. The number of fused-ring (bicyclic) bond motifs is 3. The molecule has 0 atom stereocenters. The lowest BCUT2D eigenvalue weighted by atomic mass is 10.0. The first-order valence-corrected chi connectivity index (χ1v) is 9.06. The molecule has 0 aliphatic carbocycles. The fourth-order valence-electron chi connectivity index (χ4n) is 3.15. The molecule has 4 nitrogen and oxygen atoms in total. The molecule has 27 heavy (non-hydrogen) atoms. The molecule has 1 N–H and O–H groups in total. The van der Waals surface area contributed by atoms with Gasteiger partial charge in [0.1, 0.15) is 22.7 Å². The maximum atomic E-state index is 12.7. The number of hydrogen-bond acceptors (Lipinski definition) is 4. The number of rotatable bonds is 3. The highest BCUT2D eigenvalue weighted by Gasteiger charge is 2.25. The summed E-state index contributed by atoms with van der Waals surface area (Å²) in [5.41, 5.74) is 1.33. The van der Waals surface area contributed by atoms with Crippen molar-refractivity contribution in [2.24, 2.45) is 0 Å². The maximum Gasteiger partial charge on any atom is 0.342 e. The van der Waals surface area contributed by atoms with Gasteiger partial charge in [-0.25, -0.2) is 4.79 Å². The average molecular weight is 401 g/mol. The Morgan fingerprint density at radius 3 is 2.48 bits per heavy atom. The van der Waals surface area contributed by atoms with Crippen LogP contribution in [-0.2, 0) is 4.74 Å². The van der Waals surface area contributed by atoms with Crippen LogP contribution >= 0.6 is 23.2 Å². The third-order valence-electron chi connectivity index (χ3n) is 4.34. The normalized spacial score (nSPS) is 11.2. The molecule has 0 saturated heterocycles. The number of hydrogen-bond donors (Lipinski definition) is 1. The van der Waals surface area contributed by atoms with Crippen molar-refractivity contribution in [1.29, 1.82) is 0 Å². The minimum Gasteiger partial charge on any atom is -0.507 e. The Balaban J connectivity index is 2.10. The second-order valence-corrected chi connectivity index (χ2v) is 6.79. The quantitative estimate of drug-likeness (QED) is 0.401. The van der Waals surface area contributed by atoms with E-state index in [1.807, 2.05) is 18.2 Å². The Morgan fingerprint density at radius 2 is 1.78 bits per heavy atom. The standard InChI is InChI=1S/C21H14Cl2O4/c1-2-26-21(25)18-14-10-17(24)12-5-3-4-6-13(12)20(14)27-19(18)11-7-8-15(22)16(23)9-11/h3-10,24H,2H2,1H3. The molecular formula is C21H14Cl2O4. The SMILES string of the molecule is CCOC(=O)c1c(-c2ccc(Cl)c(Cl)c2)oc2c1cc(O)c1ccccc12. The molecule has 3 aromatic carbocycles. The number of esters is 1. The van der Waals surface area contributed by atoms with Crippen molar-refractivity contribution in [3.05, 3.63) is 64.1 Å². The molecule has 0 radical (unpaired) electrons. The molecule has 0 aliphatic rings. The smallest absolute Gasteiger partial charge is 0.342 e. The van der Waals surface area contributed by atoms with Crippen LogP contribution in [0, 0.1) is 0 Å². The molecule has 6 heteroatoms. The van der Waals surface area contributed by atoms with E-state index in [-0.39, 0.29) is 17.9 Å². The van der Waals surface area contributed by atoms with Gasteiger partial charge in [0, 0.05) is 21.7 Å². The predicted molar refractivity (Wildman–Crippen MR) is 107 cm³/mol. The van der Waals surface area contributed by atoms with Crippen LogP contribution in [0.5, 0.6) is 5.75 Å². The van der Waals surface area contributed by atoms with Gasteiger partial charge in [-0.15, -0.1) is 0 Å². The van der Waals surface area contributed by atoms with E-state index in [0.717, 1.165) is 0 Å². The van der Waals surface area contributed by atoms with E-state index in [2.05, 4.69) is 0 Å². The van der Waals surface area contributed by atoms with Crippen molar-refractivity contribution in [2.75, 3.05) is 6.61 Å². The van der Waals surface area contributed by atoms with Gasteiger partial charge >= 0.3 is 5.97 Å². The van der Waals surface area contributed by atoms with Crippen molar-refractivity contribution >= 4 is 50.9 Å². The molecule has 0 aliphatic heterocycles. The summed E-state index contributed by atoms with van der Waals surface area (Å²) < 4.78 is 11.3. The number of carbonyl (C=O) groups is 1. The summed E-state index contributed by atoms with van der Waals surface area (Å²) in [5.74, 6) is -0.157. The zero-order valence-corrected chi connectivity index (χ0v) is 15.8. The highest BCUT2D eigenvalue weighted by atomic mass is 35.5. The van der Waals surface area contributed by atoms with Crippen LogP contribution in [-0.4, -0.2) is 17.7 Å². The molecular weight excluding hydrogens is 387 g/mol. The first kappa shape index (κ1) is 17.7. The summed E-state index contributed by atoms with van der Waals surface area (Å²) in [6.45, 7) is 1.94. The highest BCUT2D eigenvalue weighted by Crippen LogP contribution is 2.42. The molecule has 0 bridgehead atoms. The van der Waals surface area contributed by atoms with E-state index in [9.17, 15) is 9.90 Å². The van der Waals surface area contributed by atoms with Gasteiger partial charge in [0.2, 0.25) is 0 Å². The average Bonchev–Trinajstić information content (AvgIpc) is 3.04. The number of carbonyl (C=O) groups excluding carboxylic acids is 1. The Bertz CT molecular complexity index is 1190. The van der Waals surface area contributed by atoms with Crippen LogP contribution in [0.4, 0.5) is 0 Å². The highest BCUT2D eigenvalue weighted by molar-refractivity contribution is 6.42. The number of phenols is 1. The van der Waals surface area contributed by atoms with E-state index in [4.69, 9.17) is 32.4 Å². The molecule has 0 amide bonds. The summed E-state index contributed by atoms with van der Waals surface area (Å²) in [7, 11) is 0. The van der Waals surface area contributed by atoms with Gasteiger partial charge in [-0.2, -0.15) is 0 Å². The van der Waals surface area contributed by atoms with Crippen molar-refractivity contribution in [3.63, 3.8) is 0 Å². The van der Waals surface area contributed by atoms with Crippen LogP contribution < -0.4 is 0 Å². The lowest BCUT2D eigenvalue weighted by Crippen LogP contribution is -2.05.